The predicted octanol–water partition coefficient (Wildman–Crippen LogP) is 1.87. The molecule has 0 fully saturated rings. The van der Waals surface area contributed by atoms with Crippen LogP contribution in [0.15, 0.2) is 29.5 Å². The van der Waals surface area contributed by atoms with Crippen molar-refractivity contribution in [3.05, 3.63) is 24.5 Å². The van der Waals surface area contributed by atoms with Crippen LogP contribution in [0, 0.1) is 11.5 Å². The molecule has 0 bridgehead atoms. The number of nitriles is 1. The lowest BCUT2D eigenvalue weighted by Crippen LogP contribution is -2.39. The van der Waals surface area contributed by atoms with Gasteiger partial charge in [0.05, 0.1) is 5.69 Å². The number of nitrogens with zero attached hydrogens (tertiary/aromatic N) is 4. The van der Waals surface area contributed by atoms with Crippen molar-refractivity contribution in [3.63, 3.8) is 0 Å². The van der Waals surface area contributed by atoms with Crippen LogP contribution in [0.2, 0.25) is 0 Å². The maximum absolute atomic E-state index is 8.75. The van der Waals surface area contributed by atoms with Crippen LogP contribution in [0.4, 0.5) is 5.69 Å². The summed E-state index contributed by atoms with van der Waals surface area (Å²) in [5.41, 5.74) is 0.785. The number of nitrogens with one attached hydrogen (secondary N) is 1. The fraction of sp³-hybridized carbons (Fsp3) is 0.417. The molecule has 0 unspecified atom stereocenters. The smallest absolute Gasteiger partial charge is 0.212 e. The van der Waals surface area contributed by atoms with Gasteiger partial charge in [0.1, 0.15) is 0 Å². The van der Waals surface area contributed by atoms with E-state index in [2.05, 4.69) is 22.2 Å². The highest BCUT2D eigenvalue weighted by atomic mass is 15.3. The van der Waals surface area contributed by atoms with Gasteiger partial charge in [-0.15, -0.1) is 0 Å². The van der Waals surface area contributed by atoms with Gasteiger partial charge in [-0.05, 0) is 25.5 Å². The third-order valence-corrected chi connectivity index (χ3v) is 2.24. The van der Waals surface area contributed by atoms with Crippen LogP contribution in [-0.2, 0) is 0 Å². The third kappa shape index (κ3) is 4.11. The predicted molar refractivity (Wildman–Crippen MR) is 67.6 cm³/mol. The van der Waals surface area contributed by atoms with Crippen LogP contribution in [0.3, 0.4) is 0 Å². The monoisotopic (exact) mass is 231 g/mol. The van der Waals surface area contributed by atoms with Gasteiger partial charge in [0.2, 0.25) is 5.96 Å². The zero-order chi connectivity index (χ0) is 12.5. The number of hydrogen-bond donors (Lipinski definition) is 1. The van der Waals surface area contributed by atoms with Crippen molar-refractivity contribution in [1.82, 2.24) is 15.2 Å². The van der Waals surface area contributed by atoms with E-state index in [1.807, 2.05) is 18.0 Å². The summed E-state index contributed by atoms with van der Waals surface area (Å²) in [6.07, 6.45) is 6.29. The highest BCUT2D eigenvalue weighted by molar-refractivity contribution is 5.83. The van der Waals surface area contributed by atoms with Crippen LogP contribution in [0.1, 0.15) is 20.3 Å². The summed E-state index contributed by atoms with van der Waals surface area (Å²) in [6.45, 7) is 5.82. The van der Waals surface area contributed by atoms with Gasteiger partial charge in [0.15, 0.2) is 6.19 Å². The first-order valence-electron chi connectivity index (χ1n) is 5.70. The maximum atomic E-state index is 8.75. The first-order chi connectivity index (χ1) is 8.31. The van der Waals surface area contributed by atoms with Crippen LogP contribution >= 0.6 is 0 Å². The molecule has 0 amide bonds. The topological polar surface area (TPSA) is 64.3 Å². The van der Waals surface area contributed by atoms with Crippen molar-refractivity contribution in [2.75, 3.05) is 13.1 Å². The number of guanidine groups is 1. The quantitative estimate of drug-likeness (QED) is 0.372. The normalized spacial score (nSPS) is 10.8. The number of hydrogen-bond acceptors (Lipinski definition) is 3. The summed E-state index contributed by atoms with van der Waals surface area (Å²) in [7, 11) is 0. The van der Waals surface area contributed by atoms with E-state index >= 15 is 0 Å². The molecule has 1 rings (SSSR count). The Morgan fingerprint density at radius 1 is 1.47 bits per heavy atom. The summed E-state index contributed by atoms with van der Waals surface area (Å²) in [5, 5.41) is 11.4. The molecule has 90 valence electrons. The zero-order valence-electron chi connectivity index (χ0n) is 10.2. The molecule has 1 heterocycles. The second-order valence-corrected chi connectivity index (χ2v) is 3.46. The minimum atomic E-state index is 0.586. The number of aromatic nitrogens is 1. The standard InChI is InChI=1S/C12H17N5/c1-3-9-17(4-2)12(15-10-13)16-11-5-7-14-8-6-11/h5-8H,3-4,9H2,1-2H3,(H,14,15,16). The Morgan fingerprint density at radius 3 is 2.71 bits per heavy atom. The van der Waals surface area contributed by atoms with E-state index in [0.29, 0.717) is 5.96 Å². The Kier molecular flexibility index (Phi) is 5.52. The minimum Gasteiger partial charge on any atom is -0.342 e. The fourth-order valence-electron chi connectivity index (χ4n) is 1.45. The van der Waals surface area contributed by atoms with Crippen LogP contribution < -0.4 is 5.32 Å². The molecule has 0 aromatic carbocycles. The Hall–Kier alpha value is -2.09. The third-order valence-electron chi connectivity index (χ3n) is 2.24. The molecule has 0 saturated heterocycles. The van der Waals surface area contributed by atoms with Crippen molar-refractivity contribution < 1.29 is 0 Å². The molecule has 0 saturated carbocycles. The number of aliphatic imine (C=N–C) groups is 1. The van der Waals surface area contributed by atoms with Gasteiger partial charge in [-0.1, -0.05) is 6.92 Å². The molecule has 0 spiro atoms. The van der Waals surface area contributed by atoms with Gasteiger partial charge in [-0.3, -0.25) is 10.3 Å². The van der Waals surface area contributed by atoms with Crippen molar-refractivity contribution in [1.29, 1.82) is 5.26 Å². The molecule has 1 aromatic heterocycles. The second-order valence-electron chi connectivity index (χ2n) is 3.46. The van der Waals surface area contributed by atoms with Crippen molar-refractivity contribution in [2.24, 2.45) is 4.99 Å². The van der Waals surface area contributed by atoms with E-state index in [1.54, 1.807) is 24.5 Å². The van der Waals surface area contributed by atoms with Crippen LogP contribution in [-0.4, -0.2) is 28.9 Å². The molecule has 0 radical (unpaired) electrons. The highest BCUT2D eigenvalue weighted by Crippen LogP contribution is 2.09. The Bertz CT molecular complexity index is 393. The molecule has 5 nitrogen and oxygen atoms in total. The Labute approximate surface area is 102 Å². The largest absolute Gasteiger partial charge is 0.342 e. The number of rotatable bonds is 4. The maximum Gasteiger partial charge on any atom is 0.212 e. The molecule has 1 N–H and O–H groups in total. The van der Waals surface area contributed by atoms with Crippen molar-refractivity contribution in [3.8, 4) is 6.19 Å². The van der Waals surface area contributed by atoms with Gasteiger partial charge in [-0.2, -0.15) is 5.26 Å². The Morgan fingerprint density at radius 2 is 2.18 bits per heavy atom. The number of pyridine rings is 1. The van der Waals surface area contributed by atoms with E-state index in [9.17, 15) is 0 Å². The first-order valence-corrected chi connectivity index (χ1v) is 5.70. The van der Waals surface area contributed by atoms with Crippen LogP contribution in [0.25, 0.3) is 0 Å². The van der Waals surface area contributed by atoms with Crippen molar-refractivity contribution >= 4 is 11.6 Å². The summed E-state index contributed by atoms with van der Waals surface area (Å²) in [6, 6.07) is 3.61. The molecule has 0 atom stereocenters. The average Bonchev–Trinajstić information content (AvgIpc) is 2.37. The molecule has 0 aliphatic heterocycles. The zero-order valence-corrected chi connectivity index (χ0v) is 10.2. The minimum absolute atomic E-state index is 0.586. The van der Waals surface area contributed by atoms with E-state index in [4.69, 9.17) is 5.26 Å². The van der Waals surface area contributed by atoms with Crippen molar-refractivity contribution in [2.45, 2.75) is 20.3 Å². The van der Waals surface area contributed by atoms with E-state index in [0.717, 1.165) is 25.2 Å². The van der Waals surface area contributed by atoms with Crippen LogP contribution in [0.5, 0.6) is 0 Å². The lowest BCUT2D eigenvalue weighted by molar-refractivity contribution is 0.429. The lowest BCUT2D eigenvalue weighted by atomic mass is 10.4. The van der Waals surface area contributed by atoms with E-state index in [-0.39, 0.29) is 0 Å². The average molecular weight is 231 g/mol. The molecule has 0 aliphatic rings. The summed E-state index contributed by atoms with van der Waals surface area (Å²) >= 11 is 0. The molecule has 0 aliphatic carbocycles. The highest BCUT2D eigenvalue weighted by Gasteiger charge is 2.07. The van der Waals surface area contributed by atoms with Gasteiger partial charge >= 0.3 is 0 Å². The fourth-order valence-corrected chi connectivity index (χ4v) is 1.45. The molecular formula is C12H17N5. The lowest BCUT2D eigenvalue weighted by Gasteiger charge is -2.22. The second kappa shape index (κ2) is 7.23. The summed E-state index contributed by atoms with van der Waals surface area (Å²) < 4.78 is 0. The van der Waals surface area contributed by atoms with E-state index < -0.39 is 0 Å². The van der Waals surface area contributed by atoms with E-state index in [1.165, 1.54) is 0 Å². The summed E-state index contributed by atoms with van der Waals surface area (Å²) in [5.74, 6) is 0.586. The SMILES string of the molecule is CCCN(CC)C(=Nc1ccncc1)NC#N. The first kappa shape index (κ1) is 13.0. The molecule has 1 aromatic rings. The molecule has 5 heteroatoms. The van der Waals surface area contributed by atoms with Gasteiger partial charge in [0, 0.05) is 25.5 Å². The van der Waals surface area contributed by atoms with Gasteiger partial charge in [0.25, 0.3) is 0 Å². The van der Waals surface area contributed by atoms with Gasteiger partial charge < -0.3 is 4.90 Å². The Balaban J connectivity index is 2.91. The molecule has 17 heavy (non-hydrogen) atoms. The van der Waals surface area contributed by atoms with Gasteiger partial charge in [-0.25, -0.2) is 4.99 Å². The summed E-state index contributed by atoms with van der Waals surface area (Å²) in [4.78, 5) is 10.4. The molecular weight excluding hydrogens is 214 g/mol.